The number of halogens is 3. The Hall–Kier alpha value is -1.90. The van der Waals surface area contributed by atoms with E-state index in [1.807, 2.05) is 12.1 Å². The van der Waals surface area contributed by atoms with E-state index in [1.54, 1.807) is 6.07 Å². The monoisotopic (exact) mass is 478 g/mol. The van der Waals surface area contributed by atoms with Gasteiger partial charge in [-0.05, 0) is 49.1 Å². The molecule has 2 atom stereocenters. The quantitative estimate of drug-likeness (QED) is 0.491. The summed E-state index contributed by atoms with van der Waals surface area (Å²) in [5.74, 6) is -0.487. The number of nitrogens with one attached hydrogen (secondary N) is 4. The van der Waals surface area contributed by atoms with E-state index in [0.717, 1.165) is 37.4 Å². The van der Waals surface area contributed by atoms with E-state index in [-0.39, 0.29) is 46.6 Å². The van der Waals surface area contributed by atoms with Gasteiger partial charge >= 0.3 is 0 Å². The Kier molecular flexibility index (Phi) is 5.80. The van der Waals surface area contributed by atoms with E-state index in [9.17, 15) is 9.18 Å². The van der Waals surface area contributed by atoms with Gasteiger partial charge in [-0.2, -0.15) is 0 Å². The van der Waals surface area contributed by atoms with Gasteiger partial charge in [-0.25, -0.2) is 4.39 Å². The molecule has 0 spiro atoms. The molecule has 2 unspecified atom stereocenters. The molecule has 2 aromatic rings. The van der Waals surface area contributed by atoms with Crippen LogP contribution >= 0.6 is 23.2 Å². The standard InChI is InChI=1S/C23H25Cl2FN4O2/c24-15-3-1-14(2-4-15)19-8-27-9-20(28-19)29-22-11-23(12-22,13-22)30-21(31)10-32-16-5-6-17(25)18(26)7-16/h1-7,19-20,27-29H,8-13H2,(H,30,31). The minimum absolute atomic E-state index is 0.0237. The Morgan fingerprint density at radius 3 is 2.56 bits per heavy atom. The van der Waals surface area contributed by atoms with Crippen LogP contribution in [0.5, 0.6) is 5.75 Å². The maximum Gasteiger partial charge on any atom is 0.258 e. The zero-order chi connectivity index (χ0) is 22.3. The first kappa shape index (κ1) is 21.9. The van der Waals surface area contributed by atoms with Crippen LogP contribution in [0.4, 0.5) is 4.39 Å². The average molecular weight is 479 g/mol. The minimum atomic E-state index is -0.568. The van der Waals surface area contributed by atoms with Gasteiger partial charge in [0.25, 0.3) is 5.91 Å². The number of benzene rings is 2. The molecule has 1 saturated heterocycles. The molecule has 4 aliphatic rings. The number of carbonyl (C=O) groups excluding carboxylic acids is 1. The van der Waals surface area contributed by atoms with E-state index in [0.29, 0.717) is 0 Å². The molecule has 0 aromatic heterocycles. The van der Waals surface area contributed by atoms with Crippen molar-refractivity contribution in [1.29, 1.82) is 0 Å². The second kappa shape index (κ2) is 8.47. The highest BCUT2D eigenvalue weighted by Crippen LogP contribution is 2.60. The van der Waals surface area contributed by atoms with E-state index in [2.05, 4.69) is 33.4 Å². The van der Waals surface area contributed by atoms with Crippen LogP contribution in [-0.2, 0) is 4.79 Å². The second-order valence-electron chi connectivity index (χ2n) is 9.13. The minimum Gasteiger partial charge on any atom is -0.484 e. The number of carbonyl (C=O) groups is 1. The summed E-state index contributed by atoms with van der Waals surface area (Å²) >= 11 is 11.7. The molecule has 6 rings (SSSR count). The topological polar surface area (TPSA) is 74.4 Å². The first-order valence-corrected chi connectivity index (χ1v) is 11.5. The first-order valence-electron chi connectivity index (χ1n) is 10.7. The predicted molar refractivity (Wildman–Crippen MR) is 121 cm³/mol. The fraction of sp³-hybridized carbons (Fsp3) is 0.435. The van der Waals surface area contributed by atoms with Crippen LogP contribution in [0, 0.1) is 5.82 Å². The number of ether oxygens (including phenoxy) is 1. The van der Waals surface area contributed by atoms with E-state index >= 15 is 0 Å². The second-order valence-corrected chi connectivity index (χ2v) is 9.97. The van der Waals surface area contributed by atoms with Gasteiger partial charge in [-0.15, -0.1) is 0 Å². The Balaban J connectivity index is 1.07. The summed E-state index contributed by atoms with van der Waals surface area (Å²) in [5.41, 5.74) is 1.11. The van der Waals surface area contributed by atoms with E-state index in [4.69, 9.17) is 27.9 Å². The Morgan fingerprint density at radius 2 is 1.84 bits per heavy atom. The molecule has 1 amide bonds. The molecule has 2 aromatic carbocycles. The summed E-state index contributed by atoms with van der Waals surface area (Å²) < 4.78 is 18.9. The molecule has 0 radical (unpaired) electrons. The van der Waals surface area contributed by atoms with Gasteiger partial charge in [0.05, 0.1) is 11.2 Å². The Bertz CT molecular complexity index is 1000. The van der Waals surface area contributed by atoms with Crippen molar-refractivity contribution in [3.8, 4) is 5.75 Å². The van der Waals surface area contributed by atoms with Crippen molar-refractivity contribution >= 4 is 29.1 Å². The summed E-state index contributed by atoms with van der Waals surface area (Å²) in [4.78, 5) is 12.3. The smallest absolute Gasteiger partial charge is 0.258 e. The zero-order valence-corrected chi connectivity index (χ0v) is 18.9. The molecule has 3 saturated carbocycles. The zero-order valence-electron chi connectivity index (χ0n) is 17.4. The highest BCUT2D eigenvalue weighted by molar-refractivity contribution is 6.30. The van der Waals surface area contributed by atoms with Crippen molar-refractivity contribution in [2.75, 3.05) is 19.7 Å². The van der Waals surface area contributed by atoms with Crippen LogP contribution in [0.15, 0.2) is 42.5 Å². The van der Waals surface area contributed by atoms with Gasteiger partial charge < -0.3 is 15.4 Å². The Morgan fingerprint density at radius 1 is 1.09 bits per heavy atom. The van der Waals surface area contributed by atoms with Gasteiger partial charge in [-0.1, -0.05) is 35.3 Å². The molecule has 32 heavy (non-hydrogen) atoms. The molecule has 1 heterocycles. The van der Waals surface area contributed by atoms with Crippen molar-refractivity contribution in [2.45, 2.75) is 42.5 Å². The van der Waals surface area contributed by atoms with Crippen molar-refractivity contribution < 1.29 is 13.9 Å². The van der Waals surface area contributed by atoms with Gasteiger partial charge in [0.1, 0.15) is 11.6 Å². The molecule has 4 N–H and O–H groups in total. The number of rotatable bonds is 7. The molecule has 9 heteroatoms. The van der Waals surface area contributed by atoms with Gasteiger partial charge in [-0.3, -0.25) is 15.4 Å². The highest BCUT2D eigenvalue weighted by Gasteiger charge is 2.68. The van der Waals surface area contributed by atoms with E-state index < -0.39 is 5.82 Å². The third-order valence-corrected chi connectivity index (χ3v) is 7.11. The third kappa shape index (κ3) is 4.45. The van der Waals surface area contributed by atoms with Gasteiger partial charge in [0, 0.05) is 41.3 Å². The van der Waals surface area contributed by atoms with Crippen molar-refractivity contribution in [3.63, 3.8) is 0 Å². The molecule has 3 aliphatic carbocycles. The van der Waals surface area contributed by atoms with Crippen LogP contribution < -0.4 is 26.0 Å². The van der Waals surface area contributed by atoms with Crippen LogP contribution in [0.3, 0.4) is 0 Å². The summed E-state index contributed by atoms with van der Waals surface area (Å²) in [6.45, 7) is 1.56. The lowest BCUT2D eigenvalue weighted by molar-refractivity contribution is -0.145. The fourth-order valence-electron chi connectivity index (χ4n) is 5.23. The molecular formula is C23H25Cl2FN4O2. The van der Waals surface area contributed by atoms with Gasteiger partial charge in [0.15, 0.2) is 6.61 Å². The largest absolute Gasteiger partial charge is 0.484 e. The number of amides is 1. The maximum atomic E-state index is 13.5. The van der Waals surface area contributed by atoms with Crippen LogP contribution in [-0.4, -0.2) is 42.8 Å². The molecule has 6 nitrogen and oxygen atoms in total. The predicted octanol–water partition coefficient (Wildman–Crippen LogP) is 3.15. The summed E-state index contributed by atoms with van der Waals surface area (Å²) in [6, 6.07) is 12.3. The maximum absolute atomic E-state index is 13.5. The lowest BCUT2D eigenvalue weighted by Gasteiger charge is -2.71. The average Bonchev–Trinajstić information content (AvgIpc) is 2.73. The Labute approximate surface area is 196 Å². The number of piperazine rings is 1. The normalized spacial score (nSPS) is 30.7. The summed E-state index contributed by atoms with van der Waals surface area (Å²) in [5, 5.41) is 14.7. The molecule has 170 valence electrons. The van der Waals surface area contributed by atoms with Crippen LogP contribution in [0.1, 0.15) is 30.9 Å². The lowest BCUT2D eigenvalue weighted by Crippen LogP contribution is -2.85. The summed E-state index contributed by atoms with van der Waals surface area (Å²) in [6.07, 6.45) is 2.84. The van der Waals surface area contributed by atoms with Crippen molar-refractivity contribution in [1.82, 2.24) is 21.3 Å². The molecule has 4 fully saturated rings. The highest BCUT2D eigenvalue weighted by atomic mass is 35.5. The van der Waals surface area contributed by atoms with Crippen molar-refractivity contribution in [3.05, 3.63) is 63.9 Å². The van der Waals surface area contributed by atoms with Crippen LogP contribution in [0.2, 0.25) is 10.0 Å². The lowest BCUT2D eigenvalue weighted by atomic mass is 9.44. The van der Waals surface area contributed by atoms with Crippen LogP contribution in [0.25, 0.3) is 0 Å². The van der Waals surface area contributed by atoms with Crippen molar-refractivity contribution in [2.24, 2.45) is 0 Å². The third-order valence-electron chi connectivity index (χ3n) is 6.55. The first-order chi connectivity index (χ1) is 15.3. The molecule has 1 aliphatic heterocycles. The van der Waals surface area contributed by atoms with E-state index in [1.165, 1.54) is 17.7 Å². The summed E-state index contributed by atoms with van der Waals surface area (Å²) in [7, 11) is 0. The molecule has 2 bridgehead atoms. The van der Waals surface area contributed by atoms with Gasteiger partial charge in [0.2, 0.25) is 0 Å². The fourth-order valence-corrected chi connectivity index (χ4v) is 5.47. The number of hydrogen-bond donors (Lipinski definition) is 4. The molecular weight excluding hydrogens is 454 g/mol. The SMILES string of the molecule is O=C(COc1ccc(Cl)c(F)c1)NC12CC(NC3CNCC(c4ccc(Cl)cc4)N3)(C1)C2. The number of hydrogen-bond acceptors (Lipinski definition) is 5.